The number of hydrogen-bond acceptors (Lipinski definition) is 7. The molecule has 134 valence electrons. The van der Waals surface area contributed by atoms with Gasteiger partial charge in [-0.1, -0.05) is 5.16 Å². The molecule has 1 saturated carbocycles. The SMILES string of the molecule is CN(C)c1cc(N(C2CC2)C2CCN(Cc3cnoc3)CC2)ncn1. The number of likely N-dealkylation sites (tertiary alicyclic amines) is 1. The monoisotopic (exact) mass is 342 g/mol. The van der Waals surface area contributed by atoms with E-state index in [0.717, 1.165) is 36.8 Å². The molecule has 0 atom stereocenters. The lowest BCUT2D eigenvalue weighted by Crippen LogP contribution is -2.46. The summed E-state index contributed by atoms with van der Waals surface area (Å²) in [5.41, 5.74) is 1.16. The van der Waals surface area contributed by atoms with Gasteiger partial charge in [-0.15, -0.1) is 0 Å². The summed E-state index contributed by atoms with van der Waals surface area (Å²) in [7, 11) is 4.05. The van der Waals surface area contributed by atoms with Crippen LogP contribution in [-0.2, 0) is 6.54 Å². The van der Waals surface area contributed by atoms with E-state index in [1.54, 1.807) is 12.6 Å². The molecule has 3 heterocycles. The van der Waals surface area contributed by atoms with Gasteiger partial charge in [0.25, 0.3) is 0 Å². The Bertz CT molecular complexity index is 677. The van der Waals surface area contributed by atoms with Gasteiger partial charge in [-0.05, 0) is 25.7 Å². The lowest BCUT2D eigenvalue weighted by Gasteiger charge is -2.39. The summed E-state index contributed by atoms with van der Waals surface area (Å²) in [4.78, 5) is 16.0. The fourth-order valence-electron chi connectivity index (χ4n) is 3.67. The second-order valence-electron chi connectivity index (χ2n) is 7.31. The number of nitrogens with zero attached hydrogens (tertiary/aromatic N) is 6. The molecular formula is C18H26N6O. The standard InChI is InChI=1S/C18H26N6O/c1-22(2)17-9-18(20-13-19-17)24(15-3-4-15)16-5-7-23(8-6-16)11-14-10-21-25-12-14/h9-10,12-13,15-16H,3-8,11H2,1-2H3. The Hall–Kier alpha value is -2.15. The number of aromatic nitrogens is 3. The van der Waals surface area contributed by atoms with Crippen LogP contribution in [0.5, 0.6) is 0 Å². The van der Waals surface area contributed by atoms with Gasteiger partial charge in [0.05, 0.1) is 6.20 Å². The summed E-state index contributed by atoms with van der Waals surface area (Å²) in [5, 5.41) is 3.80. The highest BCUT2D eigenvalue weighted by Gasteiger charge is 2.36. The van der Waals surface area contributed by atoms with Gasteiger partial charge in [-0.3, -0.25) is 4.90 Å². The third kappa shape index (κ3) is 3.76. The highest BCUT2D eigenvalue weighted by atomic mass is 16.5. The first kappa shape index (κ1) is 16.3. The van der Waals surface area contributed by atoms with E-state index in [9.17, 15) is 0 Å². The van der Waals surface area contributed by atoms with Crippen molar-refractivity contribution in [1.29, 1.82) is 0 Å². The Kier molecular flexibility index (Phi) is 4.57. The zero-order valence-corrected chi connectivity index (χ0v) is 15.0. The van der Waals surface area contributed by atoms with Crippen molar-refractivity contribution >= 4 is 11.6 Å². The van der Waals surface area contributed by atoms with Gasteiger partial charge >= 0.3 is 0 Å². The number of hydrogen-bond donors (Lipinski definition) is 0. The molecule has 0 unspecified atom stereocenters. The molecule has 25 heavy (non-hydrogen) atoms. The maximum Gasteiger partial charge on any atom is 0.134 e. The lowest BCUT2D eigenvalue weighted by atomic mass is 10.0. The topological polar surface area (TPSA) is 61.5 Å². The predicted molar refractivity (Wildman–Crippen MR) is 96.7 cm³/mol. The van der Waals surface area contributed by atoms with Crippen LogP contribution in [0.25, 0.3) is 0 Å². The molecule has 0 bridgehead atoms. The average Bonchev–Trinajstić information content (AvgIpc) is 3.32. The lowest BCUT2D eigenvalue weighted by molar-refractivity contribution is 0.200. The number of rotatable bonds is 6. The Morgan fingerprint density at radius 1 is 1.08 bits per heavy atom. The Labute approximate surface area is 148 Å². The summed E-state index contributed by atoms with van der Waals surface area (Å²) in [6.07, 6.45) is 10.1. The summed E-state index contributed by atoms with van der Waals surface area (Å²) >= 11 is 0. The summed E-state index contributed by atoms with van der Waals surface area (Å²) < 4.78 is 4.94. The molecule has 1 aliphatic carbocycles. The van der Waals surface area contributed by atoms with Crippen LogP contribution in [0.2, 0.25) is 0 Å². The van der Waals surface area contributed by atoms with Crippen molar-refractivity contribution in [2.45, 2.75) is 44.3 Å². The maximum absolute atomic E-state index is 4.94. The van der Waals surface area contributed by atoms with E-state index >= 15 is 0 Å². The smallest absolute Gasteiger partial charge is 0.134 e. The van der Waals surface area contributed by atoms with Crippen molar-refractivity contribution in [2.24, 2.45) is 0 Å². The third-order valence-corrected chi connectivity index (χ3v) is 5.14. The Morgan fingerprint density at radius 2 is 1.80 bits per heavy atom. The zero-order valence-electron chi connectivity index (χ0n) is 15.0. The van der Waals surface area contributed by atoms with Gasteiger partial charge in [-0.25, -0.2) is 9.97 Å². The quantitative estimate of drug-likeness (QED) is 0.797. The minimum absolute atomic E-state index is 0.566. The van der Waals surface area contributed by atoms with E-state index in [2.05, 4.69) is 31.0 Å². The Balaban J connectivity index is 1.43. The molecular weight excluding hydrogens is 316 g/mol. The molecule has 2 aromatic heterocycles. The molecule has 0 radical (unpaired) electrons. The molecule has 0 N–H and O–H groups in total. The number of anilines is 2. The zero-order chi connectivity index (χ0) is 17.2. The molecule has 1 aliphatic heterocycles. The van der Waals surface area contributed by atoms with Crippen molar-refractivity contribution in [2.75, 3.05) is 37.0 Å². The Morgan fingerprint density at radius 3 is 2.44 bits per heavy atom. The third-order valence-electron chi connectivity index (χ3n) is 5.14. The van der Waals surface area contributed by atoms with Crippen LogP contribution < -0.4 is 9.80 Å². The minimum atomic E-state index is 0.566. The van der Waals surface area contributed by atoms with Crippen LogP contribution in [-0.4, -0.2) is 59.3 Å². The van der Waals surface area contributed by atoms with Crippen LogP contribution in [0.4, 0.5) is 11.6 Å². The molecule has 2 aromatic rings. The molecule has 1 saturated heterocycles. The molecule has 7 nitrogen and oxygen atoms in total. The molecule has 4 rings (SSSR count). The van der Waals surface area contributed by atoms with Crippen molar-refractivity contribution < 1.29 is 4.52 Å². The fraction of sp³-hybridized carbons (Fsp3) is 0.611. The van der Waals surface area contributed by atoms with Crippen molar-refractivity contribution in [3.63, 3.8) is 0 Å². The summed E-state index contributed by atoms with van der Waals surface area (Å²) in [5.74, 6) is 2.05. The van der Waals surface area contributed by atoms with Gasteiger partial charge in [-0.2, -0.15) is 0 Å². The van der Waals surface area contributed by atoms with E-state index in [1.807, 2.05) is 25.2 Å². The van der Waals surface area contributed by atoms with Crippen LogP contribution in [0.1, 0.15) is 31.2 Å². The van der Waals surface area contributed by atoms with Crippen LogP contribution in [0.3, 0.4) is 0 Å². The number of piperidine rings is 1. The molecule has 0 amide bonds. The highest BCUT2D eigenvalue weighted by molar-refractivity contribution is 5.51. The summed E-state index contributed by atoms with van der Waals surface area (Å²) in [6, 6.07) is 3.35. The van der Waals surface area contributed by atoms with Gasteiger partial charge in [0.15, 0.2) is 0 Å². The van der Waals surface area contributed by atoms with Crippen molar-refractivity contribution in [3.05, 3.63) is 30.4 Å². The van der Waals surface area contributed by atoms with E-state index in [1.165, 1.54) is 25.7 Å². The first-order valence-electron chi connectivity index (χ1n) is 9.09. The second kappa shape index (κ2) is 7.00. The van der Waals surface area contributed by atoms with Gasteiger partial charge in [0.1, 0.15) is 24.2 Å². The van der Waals surface area contributed by atoms with E-state index in [-0.39, 0.29) is 0 Å². The second-order valence-corrected chi connectivity index (χ2v) is 7.31. The van der Waals surface area contributed by atoms with Crippen LogP contribution >= 0.6 is 0 Å². The first-order valence-corrected chi connectivity index (χ1v) is 9.09. The molecule has 0 spiro atoms. The van der Waals surface area contributed by atoms with E-state index in [4.69, 9.17) is 4.52 Å². The van der Waals surface area contributed by atoms with E-state index < -0.39 is 0 Å². The van der Waals surface area contributed by atoms with Gasteiger partial charge in [0.2, 0.25) is 0 Å². The fourth-order valence-corrected chi connectivity index (χ4v) is 3.67. The maximum atomic E-state index is 4.94. The predicted octanol–water partition coefficient (Wildman–Crippen LogP) is 2.16. The van der Waals surface area contributed by atoms with Gasteiger partial charge in [0, 0.05) is 57.4 Å². The summed E-state index contributed by atoms with van der Waals surface area (Å²) in [6.45, 7) is 3.13. The molecule has 2 fully saturated rings. The molecule has 0 aromatic carbocycles. The first-order chi connectivity index (χ1) is 12.2. The molecule has 2 aliphatic rings. The average molecular weight is 342 g/mol. The van der Waals surface area contributed by atoms with Crippen molar-refractivity contribution in [1.82, 2.24) is 20.0 Å². The normalized spacial score (nSPS) is 19.1. The van der Waals surface area contributed by atoms with Gasteiger partial charge < -0.3 is 14.3 Å². The van der Waals surface area contributed by atoms with Crippen molar-refractivity contribution in [3.8, 4) is 0 Å². The molecule has 7 heteroatoms. The largest absolute Gasteiger partial charge is 0.364 e. The minimum Gasteiger partial charge on any atom is -0.364 e. The van der Waals surface area contributed by atoms with E-state index in [0.29, 0.717) is 12.1 Å². The van der Waals surface area contributed by atoms with Crippen LogP contribution in [0.15, 0.2) is 29.4 Å². The highest BCUT2D eigenvalue weighted by Crippen LogP contribution is 2.36. The van der Waals surface area contributed by atoms with Crippen LogP contribution in [0, 0.1) is 0 Å².